The Balaban J connectivity index is 0.000000325. The second-order valence-electron chi connectivity index (χ2n) is 9.01. The van der Waals surface area contributed by atoms with E-state index in [1.54, 1.807) is 0 Å². The number of nitrogens with zero attached hydrogens (tertiary/aromatic N) is 4. The molecular weight excluding hydrogens is 439 g/mol. The van der Waals surface area contributed by atoms with E-state index in [0.29, 0.717) is 23.7 Å². The zero-order valence-corrected chi connectivity index (χ0v) is 18.2. The van der Waals surface area contributed by atoms with E-state index in [1.165, 1.54) is 11.1 Å². The molecule has 3 aliphatic rings. The second-order valence-corrected chi connectivity index (χ2v) is 9.01. The maximum Gasteiger partial charge on any atom is 0.490 e. The van der Waals surface area contributed by atoms with Gasteiger partial charge in [0.2, 0.25) is 5.82 Å². The first-order valence-corrected chi connectivity index (χ1v) is 10.9. The average molecular weight is 465 g/mol. The SMILES string of the molecule is Cc1cccc(CN2CC3Cc4nnc(C(=O)NC5CC5)n4CC3C2)c1.O=C(O)C(F)(F)F. The lowest BCUT2D eigenvalue weighted by atomic mass is 9.89. The van der Waals surface area contributed by atoms with E-state index in [0.717, 1.165) is 51.3 Å². The van der Waals surface area contributed by atoms with Gasteiger partial charge in [0, 0.05) is 38.6 Å². The monoisotopic (exact) mass is 465 g/mol. The van der Waals surface area contributed by atoms with E-state index in [9.17, 15) is 18.0 Å². The number of rotatable bonds is 4. The summed E-state index contributed by atoms with van der Waals surface area (Å²) in [5.74, 6) is -0.134. The molecule has 178 valence electrons. The highest BCUT2D eigenvalue weighted by atomic mass is 19.4. The van der Waals surface area contributed by atoms with Gasteiger partial charge in [-0.2, -0.15) is 13.2 Å². The van der Waals surface area contributed by atoms with Crippen molar-refractivity contribution in [3.8, 4) is 0 Å². The molecule has 8 nitrogen and oxygen atoms in total. The van der Waals surface area contributed by atoms with Gasteiger partial charge >= 0.3 is 12.1 Å². The fourth-order valence-electron chi connectivity index (χ4n) is 4.46. The number of amides is 1. The minimum Gasteiger partial charge on any atom is -0.475 e. The van der Waals surface area contributed by atoms with Crippen molar-refractivity contribution < 1.29 is 27.9 Å². The van der Waals surface area contributed by atoms with Gasteiger partial charge in [-0.3, -0.25) is 9.69 Å². The second kappa shape index (κ2) is 9.12. The molecule has 1 saturated carbocycles. The molecule has 1 saturated heterocycles. The largest absolute Gasteiger partial charge is 0.490 e. The topological polar surface area (TPSA) is 100 Å². The smallest absolute Gasteiger partial charge is 0.475 e. The number of carbonyl (C=O) groups is 2. The number of aromatic nitrogens is 3. The van der Waals surface area contributed by atoms with Crippen molar-refractivity contribution in [2.24, 2.45) is 11.8 Å². The Morgan fingerprint density at radius 3 is 2.48 bits per heavy atom. The molecular formula is C22H26F3N5O3. The molecule has 1 amide bonds. The van der Waals surface area contributed by atoms with Crippen molar-refractivity contribution in [1.82, 2.24) is 25.0 Å². The Kier molecular flexibility index (Phi) is 6.42. The Labute approximate surface area is 188 Å². The van der Waals surface area contributed by atoms with Gasteiger partial charge in [0.05, 0.1) is 0 Å². The van der Waals surface area contributed by atoms with E-state index >= 15 is 0 Å². The standard InChI is InChI=1S/C20H25N5O.C2HF3O2/c1-13-3-2-4-14(7-13)9-24-10-15-8-18-22-23-19(20(26)21-17-5-6-17)25(18)12-16(15)11-24;3-2(4,5)1(6)7/h2-4,7,15-17H,5-6,8-12H2,1H3,(H,21,26);(H,6,7). The first-order chi connectivity index (χ1) is 15.6. The molecule has 1 aromatic heterocycles. The van der Waals surface area contributed by atoms with Crippen molar-refractivity contribution in [3.63, 3.8) is 0 Å². The molecule has 2 aromatic rings. The van der Waals surface area contributed by atoms with Crippen molar-refractivity contribution in [3.05, 3.63) is 47.0 Å². The maximum absolute atomic E-state index is 12.4. The number of nitrogens with one attached hydrogen (secondary N) is 1. The number of carboxylic acid groups (broad SMARTS) is 1. The minimum atomic E-state index is -5.08. The van der Waals surface area contributed by atoms with Crippen LogP contribution in [0.3, 0.4) is 0 Å². The number of halogens is 3. The van der Waals surface area contributed by atoms with Crippen LogP contribution in [0.5, 0.6) is 0 Å². The van der Waals surface area contributed by atoms with Gasteiger partial charge < -0.3 is 15.0 Å². The predicted octanol–water partition coefficient (Wildman–Crippen LogP) is 2.42. The van der Waals surface area contributed by atoms with Crippen LogP contribution in [0.4, 0.5) is 13.2 Å². The number of benzene rings is 1. The molecule has 2 atom stereocenters. The maximum atomic E-state index is 12.4. The summed E-state index contributed by atoms with van der Waals surface area (Å²) in [6.07, 6.45) is -1.98. The highest BCUT2D eigenvalue weighted by Gasteiger charge is 2.40. The van der Waals surface area contributed by atoms with Crippen LogP contribution in [-0.4, -0.2) is 62.0 Å². The Morgan fingerprint density at radius 1 is 1.15 bits per heavy atom. The Morgan fingerprint density at radius 2 is 1.85 bits per heavy atom. The molecule has 1 aromatic carbocycles. The highest BCUT2D eigenvalue weighted by Crippen LogP contribution is 2.33. The van der Waals surface area contributed by atoms with Crippen molar-refractivity contribution >= 4 is 11.9 Å². The first-order valence-electron chi connectivity index (χ1n) is 10.9. The lowest BCUT2D eigenvalue weighted by molar-refractivity contribution is -0.192. The summed E-state index contributed by atoms with van der Waals surface area (Å²) >= 11 is 0. The van der Waals surface area contributed by atoms with Crippen molar-refractivity contribution in [1.29, 1.82) is 0 Å². The Hall–Kier alpha value is -2.95. The van der Waals surface area contributed by atoms with E-state index in [1.807, 2.05) is 0 Å². The summed E-state index contributed by atoms with van der Waals surface area (Å²) in [5, 5.41) is 18.7. The first kappa shape index (κ1) is 23.2. The third-order valence-electron chi connectivity index (χ3n) is 6.19. The summed E-state index contributed by atoms with van der Waals surface area (Å²) in [4.78, 5) is 23.9. The van der Waals surface area contributed by atoms with E-state index < -0.39 is 12.1 Å². The van der Waals surface area contributed by atoms with Crippen LogP contribution in [0.15, 0.2) is 24.3 Å². The third kappa shape index (κ3) is 5.70. The summed E-state index contributed by atoms with van der Waals surface area (Å²) in [6.45, 7) is 6.21. The fourth-order valence-corrected chi connectivity index (χ4v) is 4.46. The van der Waals surface area contributed by atoms with E-state index in [-0.39, 0.29) is 5.91 Å². The summed E-state index contributed by atoms with van der Waals surface area (Å²) in [5.41, 5.74) is 2.70. The van der Waals surface area contributed by atoms with Crippen LogP contribution in [0.2, 0.25) is 0 Å². The van der Waals surface area contributed by atoms with Crippen LogP contribution < -0.4 is 5.32 Å². The highest BCUT2D eigenvalue weighted by molar-refractivity contribution is 5.91. The number of carbonyl (C=O) groups excluding carboxylic acids is 1. The third-order valence-corrected chi connectivity index (χ3v) is 6.19. The van der Waals surface area contributed by atoms with Crippen molar-refractivity contribution in [2.75, 3.05) is 13.1 Å². The normalized spacial score (nSPS) is 22.1. The Bertz CT molecular complexity index is 1030. The van der Waals surface area contributed by atoms with Gasteiger partial charge in [-0.05, 0) is 37.2 Å². The molecule has 2 unspecified atom stereocenters. The van der Waals surface area contributed by atoms with Gasteiger partial charge in [-0.25, -0.2) is 4.79 Å². The molecule has 11 heteroatoms. The lowest BCUT2D eigenvalue weighted by Crippen LogP contribution is -2.33. The number of hydrogen-bond acceptors (Lipinski definition) is 5. The number of aliphatic carboxylic acids is 1. The fraction of sp³-hybridized carbons (Fsp3) is 0.545. The minimum absolute atomic E-state index is 0.0562. The molecule has 0 bridgehead atoms. The van der Waals surface area contributed by atoms with Crippen LogP contribution in [0.1, 0.15) is 40.4 Å². The van der Waals surface area contributed by atoms with E-state index in [4.69, 9.17) is 9.90 Å². The number of alkyl halides is 3. The van der Waals surface area contributed by atoms with Gasteiger partial charge in [0.25, 0.3) is 5.91 Å². The van der Waals surface area contributed by atoms with Crippen molar-refractivity contribution in [2.45, 2.75) is 51.5 Å². The molecule has 0 radical (unpaired) electrons. The predicted molar refractivity (Wildman–Crippen MR) is 111 cm³/mol. The summed E-state index contributed by atoms with van der Waals surface area (Å²) in [7, 11) is 0. The summed E-state index contributed by atoms with van der Waals surface area (Å²) < 4.78 is 33.8. The number of hydrogen-bond donors (Lipinski definition) is 2. The average Bonchev–Trinajstić information content (AvgIpc) is 3.31. The number of carboxylic acids is 1. The molecule has 33 heavy (non-hydrogen) atoms. The quantitative estimate of drug-likeness (QED) is 0.720. The van der Waals surface area contributed by atoms with Crippen LogP contribution in [0.25, 0.3) is 0 Å². The zero-order chi connectivity index (χ0) is 23.8. The molecule has 0 spiro atoms. The van der Waals surface area contributed by atoms with E-state index in [2.05, 4.69) is 56.2 Å². The number of fused-ring (bicyclic) bond motifs is 2. The van der Waals surface area contributed by atoms with Gasteiger partial charge in [-0.1, -0.05) is 29.8 Å². The molecule has 1 aliphatic carbocycles. The van der Waals surface area contributed by atoms with Gasteiger partial charge in [0.1, 0.15) is 5.82 Å². The molecule has 3 heterocycles. The number of aryl methyl sites for hydroxylation is 1. The molecule has 2 fully saturated rings. The van der Waals surface area contributed by atoms with Gasteiger partial charge in [-0.15, -0.1) is 10.2 Å². The zero-order valence-electron chi connectivity index (χ0n) is 18.2. The molecule has 5 rings (SSSR count). The van der Waals surface area contributed by atoms with Gasteiger partial charge in [0.15, 0.2) is 0 Å². The summed E-state index contributed by atoms with van der Waals surface area (Å²) in [6, 6.07) is 9.12. The number of likely N-dealkylation sites (tertiary alicyclic amines) is 1. The molecule has 2 N–H and O–H groups in total. The molecule has 2 aliphatic heterocycles. The van der Waals surface area contributed by atoms with Crippen LogP contribution >= 0.6 is 0 Å². The lowest BCUT2D eigenvalue weighted by Gasteiger charge is -2.25. The van der Waals surface area contributed by atoms with Crippen LogP contribution in [0, 0.1) is 18.8 Å². The van der Waals surface area contributed by atoms with Crippen LogP contribution in [-0.2, 0) is 24.3 Å².